The van der Waals surface area contributed by atoms with Crippen molar-refractivity contribution in [1.82, 2.24) is 25.3 Å². The van der Waals surface area contributed by atoms with Crippen LogP contribution in [0, 0.1) is 0 Å². The van der Waals surface area contributed by atoms with Crippen LogP contribution in [0.3, 0.4) is 0 Å². The second kappa shape index (κ2) is 7.75. The van der Waals surface area contributed by atoms with Crippen molar-refractivity contribution in [3.8, 4) is 0 Å². The van der Waals surface area contributed by atoms with Crippen LogP contribution in [0.2, 0.25) is 0 Å². The number of aryl methyl sites for hydroxylation is 1. The number of hydrogen-bond donors (Lipinski definition) is 3. The zero-order valence-electron chi connectivity index (χ0n) is 11.8. The molecule has 3 N–H and O–H groups in total. The van der Waals surface area contributed by atoms with E-state index >= 15 is 0 Å². The minimum atomic E-state index is -0.218. The van der Waals surface area contributed by atoms with Gasteiger partial charge in [0.2, 0.25) is 0 Å². The number of nitrogens with zero attached hydrogens (tertiary/aromatic N) is 3. The minimum absolute atomic E-state index is 0.0797. The van der Waals surface area contributed by atoms with Gasteiger partial charge < -0.3 is 20.6 Å². The van der Waals surface area contributed by atoms with E-state index in [-0.39, 0.29) is 18.7 Å². The maximum absolute atomic E-state index is 11.5. The zero-order valence-corrected chi connectivity index (χ0v) is 11.8. The molecule has 1 aromatic heterocycles. The van der Waals surface area contributed by atoms with E-state index in [1.54, 1.807) is 10.9 Å². The van der Waals surface area contributed by atoms with E-state index in [0.29, 0.717) is 19.5 Å². The summed E-state index contributed by atoms with van der Waals surface area (Å²) >= 11 is 0. The van der Waals surface area contributed by atoms with Crippen molar-refractivity contribution in [2.45, 2.75) is 12.5 Å². The fourth-order valence-electron chi connectivity index (χ4n) is 1.74. The summed E-state index contributed by atoms with van der Waals surface area (Å²) in [5.74, 6) is 0. The zero-order chi connectivity index (χ0) is 14.3. The first kappa shape index (κ1) is 15.5. The summed E-state index contributed by atoms with van der Waals surface area (Å²) in [7, 11) is 5.79. The molecule has 0 saturated carbocycles. The van der Waals surface area contributed by atoms with Gasteiger partial charge in [0.25, 0.3) is 0 Å². The summed E-state index contributed by atoms with van der Waals surface area (Å²) in [5.41, 5.74) is 1.06. The van der Waals surface area contributed by atoms with Crippen LogP contribution in [-0.2, 0) is 7.05 Å². The van der Waals surface area contributed by atoms with Gasteiger partial charge in [0.15, 0.2) is 0 Å². The lowest BCUT2D eigenvalue weighted by atomic mass is 10.1. The molecule has 108 valence electrons. The number of aliphatic hydroxyl groups is 1. The van der Waals surface area contributed by atoms with Crippen LogP contribution in [0.4, 0.5) is 4.79 Å². The molecule has 1 atom stereocenters. The molecule has 1 heterocycles. The molecule has 1 aromatic rings. The van der Waals surface area contributed by atoms with Crippen molar-refractivity contribution in [3.05, 3.63) is 18.0 Å². The molecular weight excluding hydrogens is 246 g/mol. The monoisotopic (exact) mass is 269 g/mol. The molecule has 7 heteroatoms. The lowest BCUT2D eigenvalue weighted by Gasteiger charge is -2.23. The van der Waals surface area contributed by atoms with Gasteiger partial charge in [-0.25, -0.2) is 4.79 Å². The minimum Gasteiger partial charge on any atom is -0.396 e. The van der Waals surface area contributed by atoms with Gasteiger partial charge in [0, 0.05) is 38.5 Å². The van der Waals surface area contributed by atoms with Gasteiger partial charge in [-0.3, -0.25) is 4.68 Å². The molecule has 0 aliphatic heterocycles. The molecule has 0 bridgehead atoms. The Morgan fingerprint density at radius 3 is 2.79 bits per heavy atom. The molecule has 1 unspecified atom stereocenters. The summed E-state index contributed by atoms with van der Waals surface area (Å²) in [6.07, 6.45) is 4.30. The number of likely N-dealkylation sites (N-methyl/N-ethyl adjacent to an activating group) is 1. The molecule has 1 rings (SSSR count). The van der Waals surface area contributed by atoms with E-state index in [1.165, 1.54) is 0 Å². The number of nitrogens with one attached hydrogen (secondary N) is 2. The third-order valence-electron chi connectivity index (χ3n) is 2.81. The van der Waals surface area contributed by atoms with Crippen LogP contribution >= 0.6 is 0 Å². The Kier molecular flexibility index (Phi) is 6.31. The first-order valence-corrected chi connectivity index (χ1v) is 6.32. The summed E-state index contributed by atoms with van der Waals surface area (Å²) in [6, 6.07) is -0.138. The summed E-state index contributed by atoms with van der Waals surface area (Å²) < 4.78 is 1.74. The summed E-state index contributed by atoms with van der Waals surface area (Å²) in [5, 5.41) is 18.3. The first-order valence-electron chi connectivity index (χ1n) is 6.32. The third-order valence-corrected chi connectivity index (χ3v) is 2.81. The number of urea groups is 1. The standard InChI is InChI=1S/C12H23N5O2/c1-16(2)11(10-7-15-17(3)9-10)8-14-12(19)13-5-4-6-18/h7,9,11,18H,4-6,8H2,1-3H3,(H2,13,14,19). The number of carbonyl (C=O) groups is 1. The molecule has 0 saturated heterocycles. The second-order valence-corrected chi connectivity index (χ2v) is 4.64. The lowest BCUT2D eigenvalue weighted by Crippen LogP contribution is -2.40. The van der Waals surface area contributed by atoms with Gasteiger partial charge in [-0.15, -0.1) is 0 Å². The highest BCUT2D eigenvalue weighted by Gasteiger charge is 2.16. The van der Waals surface area contributed by atoms with Crippen molar-refractivity contribution in [2.24, 2.45) is 7.05 Å². The largest absolute Gasteiger partial charge is 0.396 e. The van der Waals surface area contributed by atoms with E-state index < -0.39 is 0 Å². The van der Waals surface area contributed by atoms with E-state index in [2.05, 4.69) is 15.7 Å². The lowest BCUT2D eigenvalue weighted by molar-refractivity contribution is 0.230. The predicted molar refractivity (Wildman–Crippen MR) is 72.7 cm³/mol. The number of carbonyl (C=O) groups excluding carboxylic acids is 1. The molecule has 19 heavy (non-hydrogen) atoms. The van der Waals surface area contributed by atoms with Crippen LogP contribution in [0.25, 0.3) is 0 Å². The van der Waals surface area contributed by atoms with E-state index in [1.807, 2.05) is 32.2 Å². The Bertz CT molecular complexity index is 391. The maximum atomic E-state index is 11.5. The topological polar surface area (TPSA) is 82.4 Å². The number of aromatic nitrogens is 2. The van der Waals surface area contributed by atoms with Crippen molar-refractivity contribution >= 4 is 6.03 Å². The average Bonchev–Trinajstić information content (AvgIpc) is 2.76. The van der Waals surface area contributed by atoms with Gasteiger partial charge in [-0.05, 0) is 20.5 Å². The van der Waals surface area contributed by atoms with Crippen molar-refractivity contribution in [3.63, 3.8) is 0 Å². The molecule has 2 amide bonds. The van der Waals surface area contributed by atoms with Gasteiger partial charge >= 0.3 is 6.03 Å². The molecule has 0 aliphatic carbocycles. The highest BCUT2D eigenvalue weighted by atomic mass is 16.3. The second-order valence-electron chi connectivity index (χ2n) is 4.64. The fraction of sp³-hybridized carbons (Fsp3) is 0.667. The Morgan fingerprint density at radius 2 is 2.26 bits per heavy atom. The highest BCUT2D eigenvalue weighted by Crippen LogP contribution is 2.15. The Labute approximate surface area is 113 Å². The Hall–Kier alpha value is -1.60. The maximum Gasteiger partial charge on any atom is 0.314 e. The number of aliphatic hydroxyl groups excluding tert-OH is 1. The normalized spacial score (nSPS) is 12.5. The van der Waals surface area contributed by atoms with Crippen molar-refractivity contribution in [2.75, 3.05) is 33.8 Å². The molecule has 0 radical (unpaired) electrons. The molecule has 7 nitrogen and oxygen atoms in total. The molecule has 0 spiro atoms. The first-order chi connectivity index (χ1) is 9.04. The smallest absolute Gasteiger partial charge is 0.314 e. The summed E-state index contributed by atoms with van der Waals surface area (Å²) in [4.78, 5) is 13.6. The van der Waals surface area contributed by atoms with Gasteiger partial charge in [-0.1, -0.05) is 0 Å². The van der Waals surface area contributed by atoms with E-state index in [4.69, 9.17) is 5.11 Å². The average molecular weight is 269 g/mol. The van der Waals surface area contributed by atoms with Gasteiger partial charge in [0.1, 0.15) is 0 Å². The number of amides is 2. The number of hydrogen-bond acceptors (Lipinski definition) is 4. The fourth-order valence-corrected chi connectivity index (χ4v) is 1.74. The third kappa shape index (κ3) is 5.27. The predicted octanol–water partition coefficient (Wildman–Crippen LogP) is -0.296. The van der Waals surface area contributed by atoms with Crippen LogP contribution in [-0.4, -0.2) is 59.6 Å². The van der Waals surface area contributed by atoms with Crippen molar-refractivity contribution < 1.29 is 9.90 Å². The Morgan fingerprint density at radius 1 is 1.53 bits per heavy atom. The van der Waals surface area contributed by atoms with Crippen LogP contribution in [0.15, 0.2) is 12.4 Å². The van der Waals surface area contributed by atoms with Gasteiger partial charge in [0.05, 0.1) is 12.2 Å². The summed E-state index contributed by atoms with van der Waals surface area (Å²) in [6.45, 7) is 1.06. The van der Waals surface area contributed by atoms with E-state index in [0.717, 1.165) is 5.56 Å². The van der Waals surface area contributed by atoms with Crippen LogP contribution < -0.4 is 10.6 Å². The Balaban J connectivity index is 2.45. The molecule has 0 aliphatic rings. The van der Waals surface area contributed by atoms with Crippen LogP contribution in [0.5, 0.6) is 0 Å². The molecular formula is C12H23N5O2. The number of rotatable bonds is 7. The van der Waals surface area contributed by atoms with E-state index in [9.17, 15) is 4.79 Å². The SMILES string of the molecule is CN(C)C(CNC(=O)NCCCO)c1cnn(C)c1. The molecule has 0 fully saturated rings. The van der Waals surface area contributed by atoms with Gasteiger partial charge in [-0.2, -0.15) is 5.10 Å². The van der Waals surface area contributed by atoms with Crippen LogP contribution in [0.1, 0.15) is 18.0 Å². The molecule has 0 aromatic carbocycles. The quantitative estimate of drug-likeness (QED) is 0.594. The highest BCUT2D eigenvalue weighted by molar-refractivity contribution is 5.73. The van der Waals surface area contributed by atoms with Crippen molar-refractivity contribution in [1.29, 1.82) is 0 Å².